The molecule has 31 heavy (non-hydrogen) atoms. The van der Waals surface area contributed by atoms with Gasteiger partial charge in [-0.3, -0.25) is 4.79 Å². The molecule has 1 amide bonds. The number of halogens is 1. The number of amides is 1. The van der Waals surface area contributed by atoms with Crippen LogP contribution in [0.3, 0.4) is 0 Å². The van der Waals surface area contributed by atoms with E-state index in [0.29, 0.717) is 5.02 Å². The van der Waals surface area contributed by atoms with Crippen molar-refractivity contribution in [2.45, 2.75) is 30.8 Å². The molecule has 5 nitrogen and oxygen atoms in total. The average Bonchev–Trinajstić information content (AvgIpc) is 3.10. The summed E-state index contributed by atoms with van der Waals surface area (Å²) in [5.41, 5.74) is 2.75. The predicted octanol–water partition coefficient (Wildman–Crippen LogP) is 4.51. The van der Waals surface area contributed by atoms with Gasteiger partial charge in [-0.15, -0.1) is 0 Å². The van der Waals surface area contributed by atoms with Crippen LogP contribution in [-0.4, -0.2) is 31.2 Å². The molecule has 0 aromatic heterocycles. The Morgan fingerprint density at radius 3 is 2.35 bits per heavy atom. The summed E-state index contributed by atoms with van der Waals surface area (Å²) >= 11 is 5.94. The minimum atomic E-state index is -3.91. The van der Waals surface area contributed by atoms with Gasteiger partial charge in [-0.2, -0.15) is 4.31 Å². The van der Waals surface area contributed by atoms with E-state index in [1.165, 1.54) is 28.6 Å². The van der Waals surface area contributed by atoms with Gasteiger partial charge in [0.1, 0.15) is 0 Å². The molecular weight excluding hydrogens is 432 g/mol. The van der Waals surface area contributed by atoms with Crippen molar-refractivity contribution in [2.24, 2.45) is 0 Å². The molecule has 0 fully saturated rings. The third-order valence-electron chi connectivity index (χ3n) is 5.44. The fourth-order valence-corrected chi connectivity index (χ4v) is 5.44. The molecule has 0 saturated carbocycles. The van der Waals surface area contributed by atoms with E-state index >= 15 is 0 Å². The molecule has 160 valence electrons. The van der Waals surface area contributed by atoms with E-state index in [-0.39, 0.29) is 29.9 Å². The standard InChI is InChI=1S/C24H23ClN2O3S/c1-18-15-20-9-5-6-10-23(20)27(18)24(28)17-26(16-19-7-3-2-4-8-19)31(29,30)22-13-11-21(25)12-14-22/h2-14,18H,15-17H2,1H3/t18-/m1/s1. The maximum absolute atomic E-state index is 13.4. The first kappa shape index (κ1) is 21.6. The number of fused-ring (bicyclic) bond motifs is 1. The third kappa shape index (κ3) is 4.51. The van der Waals surface area contributed by atoms with Crippen molar-refractivity contribution in [3.8, 4) is 0 Å². The summed E-state index contributed by atoms with van der Waals surface area (Å²) in [5.74, 6) is -0.245. The van der Waals surface area contributed by atoms with Crippen molar-refractivity contribution < 1.29 is 13.2 Å². The van der Waals surface area contributed by atoms with Crippen LogP contribution in [0.4, 0.5) is 5.69 Å². The van der Waals surface area contributed by atoms with Gasteiger partial charge in [-0.25, -0.2) is 8.42 Å². The molecular formula is C24H23ClN2O3S. The molecule has 4 rings (SSSR count). The second-order valence-corrected chi connectivity index (χ2v) is 10.0. The highest BCUT2D eigenvalue weighted by molar-refractivity contribution is 7.89. The molecule has 0 aliphatic carbocycles. The van der Waals surface area contributed by atoms with Crippen LogP contribution in [-0.2, 0) is 27.8 Å². The zero-order valence-corrected chi connectivity index (χ0v) is 18.7. The second kappa shape index (κ2) is 8.83. The van der Waals surface area contributed by atoms with Crippen molar-refractivity contribution in [3.63, 3.8) is 0 Å². The van der Waals surface area contributed by atoms with Crippen molar-refractivity contribution in [1.82, 2.24) is 4.31 Å². The molecule has 0 saturated heterocycles. The first-order valence-corrected chi connectivity index (χ1v) is 11.9. The summed E-state index contributed by atoms with van der Waals surface area (Å²) in [6.07, 6.45) is 0.754. The predicted molar refractivity (Wildman–Crippen MR) is 123 cm³/mol. The lowest BCUT2D eigenvalue weighted by Gasteiger charge is -2.27. The van der Waals surface area contributed by atoms with Crippen LogP contribution < -0.4 is 4.90 Å². The summed E-state index contributed by atoms with van der Waals surface area (Å²) in [6, 6.07) is 23.0. The van der Waals surface area contributed by atoms with Gasteiger partial charge in [0.15, 0.2) is 0 Å². The van der Waals surface area contributed by atoms with Gasteiger partial charge in [0.05, 0.1) is 11.4 Å². The normalized spacial score (nSPS) is 15.8. The number of sulfonamides is 1. The minimum absolute atomic E-state index is 0.0262. The number of benzene rings is 3. The number of nitrogens with zero attached hydrogens (tertiary/aromatic N) is 2. The van der Waals surface area contributed by atoms with E-state index in [1.54, 1.807) is 4.90 Å². The van der Waals surface area contributed by atoms with Crippen molar-refractivity contribution >= 4 is 33.2 Å². The molecule has 0 bridgehead atoms. The fourth-order valence-electron chi connectivity index (χ4n) is 3.94. The molecule has 0 unspecified atom stereocenters. The smallest absolute Gasteiger partial charge is 0.243 e. The average molecular weight is 455 g/mol. The quantitative estimate of drug-likeness (QED) is 0.550. The van der Waals surface area contributed by atoms with E-state index in [0.717, 1.165) is 23.2 Å². The first-order chi connectivity index (χ1) is 14.9. The summed E-state index contributed by atoms with van der Waals surface area (Å²) in [4.78, 5) is 15.2. The Hall–Kier alpha value is -2.67. The SMILES string of the molecule is C[C@@H]1Cc2ccccc2N1C(=O)CN(Cc1ccccc1)S(=O)(=O)c1ccc(Cl)cc1. The van der Waals surface area contributed by atoms with E-state index in [4.69, 9.17) is 11.6 Å². The highest BCUT2D eigenvalue weighted by atomic mass is 35.5. The van der Waals surface area contributed by atoms with Gasteiger partial charge in [0, 0.05) is 23.3 Å². The lowest BCUT2D eigenvalue weighted by Crippen LogP contribution is -2.44. The van der Waals surface area contributed by atoms with Gasteiger partial charge >= 0.3 is 0 Å². The van der Waals surface area contributed by atoms with Crippen LogP contribution in [0.25, 0.3) is 0 Å². The number of hydrogen-bond acceptors (Lipinski definition) is 3. The fraction of sp³-hybridized carbons (Fsp3) is 0.208. The van der Waals surface area contributed by atoms with Crippen LogP contribution in [0.2, 0.25) is 5.02 Å². The Balaban J connectivity index is 1.66. The summed E-state index contributed by atoms with van der Waals surface area (Å²) in [5, 5.41) is 0.451. The highest BCUT2D eigenvalue weighted by Gasteiger charge is 2.34. The number of rotatable bonds is 6. The van der Waals surface area contributed by atoms with Crippen molar-refractivity contribution in [1.29, 1.82) is 0 Å². The first-order valence-electron chi connectivity index (χ1n) is 10.1. The summed E-state index contributed by atoms with van der Waals surface area (Å²) in [7, 11) is -3.91. The summed E-state index contributed by atoms with van der Waals surface area (Å²) in [6.45, 7) is 1.83. The van der Waals surface area contributed by atoms with E-state index in [1.807, 2.05) is 61.5 Å². The van der Waals surface area contributed by atoms with Crippen LogP contribution in [0.1, 0.15) is 18.1 Å². The summed E-state index contributed by atoms with van der Waals surface area (Å²) < 4.78 is 28.1. The van der Waals surface area contributed by atoms with E-state index < -0.39 is 10.0 Å². The second-order valence-electron chi connectivity index (χ2n) is 7.66. The topological polar surface area (TPSA) is 57.7 Å². The number of para-hydroxylation sites is 1. The van der Waals surface area contributed by atoms with Gasteiger partial charge in [-0.05, 0) is 54.8 Å². The molecule has 3 aromatic rings. The van der Waals surface area contributed by atoms with Crippen LogP contribution in [0.15, 0.2) is 83.8 Å². The van der Waals surface area contributed by atoms with E-state index in [2.05, 4.69) is 0 Å². The maximum atomic E-state index is 13.4. The molecule has 1 aliphatic rings. The molecule has 7 heteroatoms. The molecule has 0 radical (unpaired) electrons. The Morgan fingerprint density at radius 2 is 1.65 bits per heavy atom. The Labute approximate surface area is 187 Å². The van der Waals surface area contributed by atoms with Crippen molar-refractivity contribution in [3.05, 3.63) is 95.0 Å². The number of carbonyl (C=O) groups is 1. The van der Waals surface area contributed by atoms with E-state index in [9.17, 15) is 13.2 Å². The maximum Gasteiger partial charge on any atom is 0.243 e. The third-order valence-corrected chi connectivity index (χ3v) is 7.50. The van der Waals surface area contributed by atoms with Crippen LogP contribution >= 0.6 is 11.6 Å². The lowest BCUT2D eigenvalue weighted by atomic mass is 10.1. The van der Waals surface area contributed by atoms with Gasteiger partial charge < -0.3 is 4.90 Å². The molecule has 0 spiro atoms. The van der Waals surface area contributed by atoms with Crippen molar-refractivity contribution in [2.75, 3.05) is 11.4 Å². The Morgan fingerprint density at radius 1 is 1.00 bits per heavy atom. The van der Waals surface area contributed by atoms with Gasteiger partial charge in [-0.1, -0.05) is 60.1 Å². The number of carbonyl (C=O) groups excluding carboxylic acids is 1. The highest BCUT2D eigenvalue weighted by Crippen LogP contribution is 2.32. The van der Waals surface area contributed by atoms with Gasteiger partial charge in [0.25, 0.3) is 0 Å². The molecule has 0 N–H and O–H groups in total. The molecule has 1 heterocycles. The molecule has 1 atom stereocenters. The largest absolute Gasteiger partial charge is 0.308 e. The molecule has 1 aliphatic heterocycles. The zero-order valence-electron chi connectivity index (χ0n) is 17.1. The van der Waals surface area contributed by atoms with Crippen LogP contribution in [0, 0.1) is 0 Å². The Kier molecular flexibility index (Phi) is 6.14. The number of hydrogen-bond donors (Lipinski definition) is 0. The molecule has 3 aromatic carbocycles. The Bertz CT molecular complexity index is 1180. The van der Waals surface area contributed by atoms with Crippen LogP contribution in [0.5, 0.6) is 0 Å². The number of anilines is 1. The minimum Gasteiger partial charge on any atom is -0.308 e. The van der Waals surface area contributed by atoms with Gasteiger partial charge in [0.2, 0.25) is 15.9 Å². The lowest BCUT2D eigenvalue weighted by molar-refractivity contribution is -0.119. The zero-order chi connectivity index (χ0) is 22.0. The monoisotopic (exact) mass is 454 g/mol.